The lowest BCUT2D eigenvalue weighted by Crippen LogP contribution is -2.28. The summed E-state index contributed by atoms with van der Waals surface area (Å²) in [4.78, 5) is 29.0. The van der Waals surface area contributed by atoms with E-state index in [0.29, 0.717) is 63.6 Å². The van der Waals surface area contributed by atoms with Crippen molar-refractivity contribution in [1.82, 2.24) is 30.5 Å². The van der Waals surface area contributed by atoms with E-state index in [4.69, 9.17) is 0 Å². The van der Waals surface area contributed by atoms with E-state index in [-0.39, 0.29) is 17.6 Å². The Kier molecular flexibility index (Phi) is 5.69. The van der Waals surface area contributed by atoms with Gasteiger partial charge in [0.25, 0.3) is 11.8 Å². The molecule has 1 aliphatic rings. The van der Waals surface area contributed by atoms with Crippen molar-refractivity contribution in [1.29, 1.82) is 0 Å². The van der Waals surface area contributed by atoms with Crippen LogP contribution in [0.5, 0.6) is 0 Å². The molecule has 5 rings (SSSR count). The molecule has 2 amide bonds. The van der Waals surface area contributed by atoms with Crippen molar-refractivity contribution in [2.75, 3.05) is 11.9 Å². The zero-order chi connectivity index (χ0) is 24.5. The number of aromatic amines is 1. The third-order valence-electron chi connectivity index (χ3n) is 6.00. The number of halogens is 1. The molecule has 0 aliphatic carbocycles. The normalized spacial score (nSPS) is 13.7. The molecule has 0 bridgehead atoms. The third-order valence-corrected chi connectivity index (χ3v) is 6.00. The molecule has 0 fully saturated rings. The number of aromatic nitrogens is 5. The highest BCUT2D eigenvalue weighted by Gasteiger charge is 2.29. The maximum Gasteiger partial charge on any atom is 0.256 e. The van der Waals surface area contributed by atoms with Gasteiger partial charge in [-0.1, -0.05) is 30.3 Å². The van der Waals surface area contributed by atoms with E-state index in [2.05, 4.69) is 31.1 Å². The molecule has 0 radical (unpaired) electrons. The van der Waals surface area contributed by atoms with Crippen molar-refractivity contribution in [3.63, 3.8) is 0 Å². The predicted molar refractivity (Wildman–Crippen MR) is 129 cm³/mol. The Morgan fingerprint density at radius 2 is 1.94 bits per heavy atom. The van der Waals surface area contributed by atoms with Gasteiger partial charge in [0, 0.05) is 34.7 Å². The summed E-state index contributed by atoms with van der Waals surface area (Å²) in [7, 11) is 0. The number of hydrogen-bond acceptors (Lipinski definition) is 5. The number of rotatable bonds is 6. The van der Waals surface area contributed by atoms with Crippen LogP contribution in [0.3, 0.4) is 0 Å². The average Bonchev–Trinajstić information content (AvgIpc) is 3.53. The standard InChI is InChI=1S/C25H22FN7O2/c1-14-21(29-15(2)22(14)25(35)27-10-11-33-13-28-31-32-33)12-18-23-17(16-6-3-4-8-19(16)26)7-5-9-20(23)30-24(18)34/h3-9,12-13,29H,10-11H2,1-2H3,(H,27,35)(H,30,34). The van der Waals surface area contributed by atoms with Gasteiger partial charge in [0.2, 0.25) is 0 Å². The van der Waals surface area contributed by atoms with E-state index in [1.165, 1.54) is 17.1 Å². The van der Waals surface area contributed by atoms with Gasteiger partial charge in [-0.2, -0.15) is 0 Å². The lowest BCUT2D eigenvalue weighted by atomic mass is 9.94. The molecular weight excluding hydrogens is 449 g/mol. The molecule has 2 aromatic heterocycles. The van der Waals surface area contributed by atoms with Gasteiger partial charge in [-0.05, 0) is 53.6 Å². The van der Waals surface area contributed by atoms with E-state index in [0.717, 1.165) is 0 Å². The first-order chi connectivity index (χ1) is 16.9. The summed E-state index contributed by atoms with van der Waals surface area (Å²) in [6.45, 7) is 4.42. The first-order valence-electron chi connectivity index (χ1n) is 11.0. The Hall–Kier alpha value is -4.60. The van der Waals surface area contributed by atoms with Crippen LogP contribution in [0.4, 0.5) is 10.1 Å². The molecule has 4 aromatic rings. The van der Waals surface area contributed by atoms with Crippen LogP contribution in [0.2, 0.25) is 0 Å². The number of carbonyl (C=O) groups excluding carboxylic acids is 2. The summed E-state index contributed by atoms with van der Waals surface area (Å²) in [6.07, 6.45) is 3.19. The van der Waals surface area contributed by atoms with Gasteiger partial charge >= 0.3 is 0 Å². The number of carbonyl (C=O) groups is 2. The fourth-order valence-corrected chi connectivity index (χ4v) is 4.35. The Balaban J connectivity index is 1.48. The number of tetrazole rings is 1. The quantitative estimate of drug-likeness (QED) is 0.373. The first-order valence-corrected chi connectivity index (χ1v) is 11.0. The topological polar surface area (TPSA) is 118 Å². The van der Waals surface area contributed by atoms with Crippen molar-refractivity contribution >= 4 is 29.2 Å². The van der Waals surface area contributed by atoms with Gasteiger partial charge < -0.3 is 15.6 Å². The van der Waals surface area contributed by atoms with Crippen LogP contribution in [0.1, 0.15) is 32.9 Å². The largest absolute Gasteiger partial charge is 0.358 e. The zero-order valence-corrected chi connectivity index (χ0v) is 19.1. The second-order valence-electron chi connectivity index (χ2n) is 8.21. The van der Waals surface area contributed by atoms with Crippen LogP contribution in [0.15, 0.2) is 48.8 Å². The lowest BCUT2D eigenvalue weighted by molar-refractivity contribution is -0.110. The number of nitrogens with zero attached hydrogens (tertiary/aromatic N) is 4. The summed E-state index contributed by atoms with van der Waals surface area (Å²) in [6, 6.07) is 11.8. The van der Waals surface area contributed by atoms with Crippen molar-refractivity contribution < 1.29 is 14.0 Å². The highest BCUT2D eigenvalue weighted by Crippen LogP contribution is 2.41. The molecule has 10 heteroatoms. The van der Waals surface area contributed by atoms with Crippen molar-refractivity contribution in [3.05, 3.63) is 82.7 Å². The molecule has 0 spiro atoms. The minimum absolute atomic E-state index is 0.239. The number of hydrogen-bond donors (Lipinski definition) is 3. The fourth-order valence-electron chi connectivity index (χ4n) is 4.35. The molecule has 3 heterocycles. The molecule has 0 saturated carbocycles. The smallest absolute Gasteiger partial charge is 0.256 e. The predicted octanol–water partition coefficient (Wildman–Crippen LogP) is 3.35. The van der Waals surface area contributed by atoms with Crippen LogP contribution >= 0.6 is 0 Å². The molecule has 0 unspecified atom stereocenters. The molecule has 1 aliphatic heterocycles. The van der Waals surface area contributed by atoms with E-state index >= 15 is 0 Å². The number of benzene rings is 2. The fraction of sp³-hybridized carbons (Fsp3) is 0.160. The van der Waals surface area contributed by atoms with Gasteiger partial charge in [-0.3, -0.25) is 9.59 Å². The summed E-state index contributed by atoms with van der Waals surface area (Å²) < 4.78 is 16.1. The zero-order valence-electron chi connectivity index (χ0n) is 19.1. The van der Waals surface area contributed by atoms with Gasteiger partial charge in [-0.25, -0.2) is 9.07 Å². The molecule has 9 nitrogen and oxygen atoms in total. The summed E-state index contributed by atoms with van der Waals surface area (Å²) in [5, 5.41) is 16.6. The molecule has 3 N–H and O–H groups in total. The Labute approximate surface area is 200 Å². The number of aryl methyl sites for hydroxylation is 1. The van der Waals surface area contributed by atoms with Crippen LogP contribution < -0.4 is 10.6 Å². The summed E-state index contributed by atoms with van der Waals surface area (Å²) in [5.41, 5.74) is 5.19. The van der Waals surface area contributed by atoms with Gasteiger partial charge in [0.1, 0.15) is 12.1 Å². The van der Waals surface area contributed by atoms with Crippen LogP contribution in [-0.4, -0.2) is 43.6 Å². The minimum Gasteiger partial charge on any atom is -0.358 e. The number of nitrogens with one attached hydrogen (secondary N) is 3. The number of H-pyrrole nitrogens is 1. The van der Waals surface area contributed by atoms with Crippen LogP contribution in [0.25, 0.3) is 22.8 Å². The lowest BCUT2D eigenvalue weighted by Gasteiger charge is -2.09. The summed E-state index contributed by atoms with van der Waals surface area (Å²) in [5.74, 6) is -0.896. The van der Waals surface area contributed by atoms with Gasteiger partial charge in [-0.15, -0.1) is 5.10 Å². The number of fused-ring (bicyclic) bond motifs is 1. The third kappa shape index (κ3) is 4.10. The highest BCUT2D eigenvalue weighted by molar-refractivity contribution is 6.36. The van der Waals surface area contributed by atoms with Crippen molar-refractivity contribution in [3.8, 4) is 11.1 Å². The monoisotopic (exact) mass is 471 g/mol. The molecule has 0 saturated heterocycles. The Morgan fingerprint density at radius 1 is 1.14 bits per heavy atom. The SMILES string of the molecule is Cc1[nH]c(C=C2C(=O)Nc3cccc(-c4ccccc4F)c32)c(C)c1C(=O)NCCn1cnnn1. The highest BCUT2D eigenvalue weighted by atomic mass is 19.1. The van der Waals surface area contributed by atoms with E-state index in [1.807, 2.05) is 6.92 Å². The van der Waals surface area contributed by atoms with E-state index in [9.17, 15) is 14.0 Å². The van der Waals surface area contributed by atoms with Crippen LogP contribution in [-0.2, 0) is 11.3 Å². The van der Waals surface area contributed by atoms with Gasteiger partial charge in [0.15, 0.2) is 0 Å². The summed E-state index contributed by atoms with van der Waals surface area (Å²) >= 11 is 0. The van der Waals surface area contributed by atoms with E-state index in [1.54, 1.807) is 49.4 Å². The molecule has 35 heavy (non-hydrogen) atoms. The Bertz CT molecular complexity index is 1470. The van der Waals surface area contributed by atoms with Gasteiger partial charge in [0.05, 0.1) is 17.7 Å². The molecule has 176 valence electrons. The average molecular weight is 471 g/mol. The maximum atomic E-state index is 14.6. The van der Waals surface area contributed by atoms with Crippen molar-refractivity contribution in [2.24, 2.45) is 0 Å². The van der Waals surface area contributed by atoms with E-state index < -0.39 is 0 Å². The second-order valence-corrected chi connectivity index (χ2v) is 8.21. The number of amides is 2. The van der Waals surface area contributed by atoms with Crippen molar-refractivity contribution in [2.45, 2.75) is 20.4 Å². The molecule has 0 atom stereocenters. The molecule has 2 aromatic carbocycles. The number of anilines is 1. The minimum atomic E-state index is -0.368. The molecular formula is C25H22FN7O2. The Morgan fingerprint density at radius 3 is 2.71 bits per heavy atom. The second kappa shape index (κ2) is 8.98. The van der Waals surface area contributed by atoms with Crippen LogP contribution in [0, 0.1) is 19.7 Å². The first kappa shape index (κ1) is 22.2. The maximum absolute atomic E-state index is 14.6.